The van der Waals surface area contributed by atoms with E-state index >= 15 is 0 Å². The number of aryl methyl sites for hydroxylation is 2. The highest BCUT2D eigenvalue weighted by Gasteiger charge is 2.63. The van der Waals surface area contributed by atoms with Gasteiger partial charge in [0.15, 0.2) is 0 Å². The summed E-state index contributed by atoms with van der Waals surface area (Å²) in [6.07, 6.45) is 1.81. The van der Waals surface area contributed by atoms with Gasteiger partial charge in [0.05, 0.1) is 11.8 Å². The first-order chi connectivity index (χ1) is 13.5. The zero-order chi connectivity index (χ0) is 19.4. The maximum atomic E-state index is 12.8. The third-order valence-electron chi connectivity index (χ3n) is 6.34. The van der Waals surface area contributed by atoms with Gasteiger partial charge in [-0.1, -0.05) is 6.07 Å². The van der Waals surface area contributed by atoms with Gasteiger partial charge in [0.25, 0.3) is 0 Å². The summed E-state index contributed by atoms with van der Waals surface area (Å²) in [6.45, 7) is 4.08. The van der Waals surface area contributed by atoms with Crippen LogP contribution < -0.4 is 10.1 Å². The summed E-state index contributed by atoms with van der Waals surface area (Å²) in [5, 5.41) is 2.98. The summed E-state index contributed by atoms with van der Waals surface area (Å²) in [7, 11) is 0. The van der Waals surface area contributed by atoms with Gasteiger partial charge in [-0.05, 0) is 80.1 Å². The van der Waals surface area contributed by atoms with Gasteiger partial charge in [-0.15, -0.1) is 0 Å². The Labute approximate surface area is 164 Å². The van der Waals surface area contributed by atoms with Crippen LogP contribution in [0.25, 0.3) is 0 Å². The van der Waals surface area contributed by atoms with Gasteiger partial charge in [-0.3, -0.25) is 9.59 Å². The molecule has 2 aromatic rings. The molecule has 3 fully saturated rings. The van der Waals surface area contributed by atoms with E-state index in [2.05, 4.69) is 11.4 Å². The number of rotatable bonds is 4. The topological polar surface area (TPSA) is 64.6 Å². The number of carbonyl (C=O) groups is 2. The van der Waals surface area contributed by atoms with Gasteiger partial charge in [0.2, 0.25) is 5.91 Å². The van der Waals surface area contributed by atoms with E-state index in [1.54, 1.807) is 0 Å². The minimum Gasteiger partial charge on any atom is -0.462 e. The number of anilines is 1. The van der Waals surface area contributed by atoms with E-state index in [9.17, 15) is 9.59 Å². The second-order valence-electron chi connectivity index (χ2n) is 8.36. The lowest BCUT2D eigenvalue weighted by atomic mass is 9.79. The SMILES string of the molecule is Cc1cc(C)cc(Oc2ccc(NC(=O)[C@@H]3[C@@H]4C[C@@H]5[C@H]3C(=O)O[C@@H]5C4)cc2)c1. The molecule has 5 atom stereocenters. The van der Waals surface area contributed by atoms with Gasteiger partial charge in [0, 0.05) is 11.6 Å². The monoisotopic (exact) mass is 377 g/mol. The van der Waals surface area contributed by atoms with E-state index in [0.29, 0.717) is 11.4 Å². The lowest BCUT2D eigenvalue weighted by molar-refractivity contribution is -0.145. The van der Waals surface area contributed by atoms with Crippen LogP contribution in [0.2, 0.25) is 0 Å². The Morgan fingerprint density at radius 1 is 1.04 bits per heavy atom. The van der Waals surface area contributed by atoms with E-state index in [-0.39, 0.29) is 41.7 Å². The summed E-state index contributed by atoms with van der Waals surface area (Å²) < 4.78 is 11.3. The first-order valence-electron chi connectivity index (χ1n) is 9.85. The Hall–Kier alpha value is -2.82. The predicted octanol–water partition coefficient (Wildman–Crippen LogP) is 4.23. The van der Waals surface area contributed by atoms with E-state index in [1.165, 1.54) is 0 Å². The largest absolute Gasteiger partial charge is 0.462 e. The molecule has 2 aromatic carbocycles. The molecule has 5 heteroatoms. The highest BCUT2D eigenvalue weighted by atomic mass is 16.6. The highest BCUT2D eigenvalue weighted by Crippen LogP contribution is 2.57. The zero-order valence-electron chi connectivity index (χ0n) is 16.0. The fourth-order valence-electron chi connectivity index (χ4n) is 5.32. The number of carbonyl (C=O) groups excluding carboxylic acids is 2. The molecule has 144 valence electrons. The average Bonchev–Trinajstić information content (AvgIpc) is 3.25. The van der Waals surface area contributed by atoms with Gasteiger partial charge in [-0.25, -0.2) is 0 Å². The van der Waals surface area contributed by atoms with Crippen LogP contribution in [-0.2, 0) is 14.3 Å². The molecular weight excluding hydrogens is 354 g/mol. The molecule has 1 heterocycles. The number of amides is 1. The van der Waals surface area contributed by atoms with Crippen LogP contribution >= 0.6 is 0 Å². The van der Waals surface area contributed by atoms with Gasteiger partial charge in [-0.2, -0.15) is 0 Å². The minimum absolute atomic E-state index is 0.0493. The van der Waals surface area contributed by atoms with Crippen LogP contribution in [0.5, 0.6) is 11.5 Å². The van der Waals surface area contributed by atoms with E-state index in [4.69, 9.17) is 9.47 Å². The van der Waals surface area contributed by atoms with Crippen molar-refractivity contribution < 1.29 is 19.1 Å². The molecule has 5 nitrogen and oxygen atoms in total. The van der Waals surface area contributed by atoms with Gasteiger partial charge in [0.1, 0.15) is 17.6 Å². The molecule has 2 bridgehead atoms. The molecular formula is C23H23NO4. The molecule has 0 unspecified atom stereocenters. The maximum absolute atomic E-state index is 12.8. The van der Waals surface area contributed by atoms with E-state index in [0.717, 1.165) is 29.7 Å². The molecule has 0 aromatic heterocycles. The Morgan fingerprint density at radius 3 is 2.46 bits per heavy atom. The Kier molecular flexibility index (Phi) is 3.93. The number of nitrogens with one attached hydrogen (secondary N) is 1. The number of ether oxygens (including phenoxy) is 2. The van der Waals surface area contributed by atoms with Crippen molar-refractivity contribution in [2.75, 3.05) is 5.32 Å². The van der Waals surface area contributed by atoms with Gasteiger partial charge >= 0.3 is 5.97 Å². The van der Waals surface area contributed by atoms with E-state index in [1.807, 2.05) is 50.2 Å². The van der Waals surface area contributed by atoms with Crippen molar-refractivity contribution in [3.05, 3.63) is 53.6 Å². The third-order valence-corrected chi connectivity index (χ3v) is 6.34. The van der Waals surface area contributed by atoms with Gasteiger partial charge < -0.3 is 14.8 Å². The molecule has 1 aliphatic heterocycles. The van der Waals surface area contributed by atoms with Crippen molar-refractivity contribution in [1.29, 1.82) is 0 Å². The van der Waals surface area contributed by atoms with Crippen LogP contribution in [-0.4, -0.2) is 18.0 Å². The van der Waals surface area contributed by atoms with Crippen molar-refractivity contribution in [3.8, 4) is 11.5 Å². The van der Waals surface area contributed by atoms with Crippen LogP contribution in [0.4, 0.5) is 5.69 Å². The molecule has 2 aliphatic carbocycles. The normalized spacial score (nSPS) is 29.6. The fourth-order valence-corrected chi connectivity index (χ4v) is 5.32. The fraction of sp³-hybridized carbons (Fsp3) is 0.391. The standard InChI is InChI=1S/C23H23NO4/c1-12-7-13(2)9-17(8-12)27-16-5-3-15(4-6-16)24-22(25)20-14-10-18-19(11-14)28-23(26)21(18)20/h3-9,14,18-21H,10-11H2,1-2H3,(H,24,25)/t14-,18+,19-,20-,21-/m1/s1. The molecule has 1 saturated heterocycles. The first-order valence-corrected chi connectivity index (χ1v) is 9.85. The molecule has 28 heavy (non-hydrogen) atoms. The maximum Gasteiger partial charge on any atom is 0.310 e. The molecule has 1 N–H and O–H groups in total. The highest BCUT2D eigenvalue weighted by molar-refractivity contribution is 5.97. The molecule has 3 aliphatic rings. The predicted molar refractivity (Wildman–Crippen MR) is 104 cm³/mol. The summed E-state index contributed by atoms with van der Waals surface area (Å²) >= 11 is 0. The first kappa shape index (κ1) is 17.3. The third kappa shape index (κ3) is 2.86. The van der Waals surface area contributed by atoms with Crippen molar-refractivity contribution in [2.45, 2.75) is 32.8 Å². The lowest BCUT2D eigenvalue weighted by Crippen LogP contribution is -2.35. The number of hydrogen-bond donors (Lipinski definition) is 1. The van der Waals surface area contributed by atoms with Crippen molar-refractivity contribution in [1.82, 2.24) is 0 Å². The molecule has 0 radical (unpaired) electrons. The number of hydrogen-bond acceptors (Lipinski definition) is 4. The number of fused-ring (bicyclic) bond motifs is 1. The number of benzene rings is 2. The average molecular weight is 377 g/mol. The zero-order valence-corrected chi connectivity index (χ0v) is 16.0. The Morgan fingerprint density at radius 2 is 1.75 bits per heavy atom. The second kappa shape index (κ2) is 6.36. The molecule has 1 amide bonds. The summed E-state index contributed by atoms with van der Waals surface area (Å²) in [6, 6.07) is 13.4. The lowest BCUT2D eigenvalue weighted by Gasteiger charge is -2.23. The van der Waals surface area contributed by atoms with Crippen molar-refractivity contribution in [3.63, 3.8) is 0 Å². The quantitative estimate of drug-likeness (QED) is 0.810. The second-order valence-corrected chi connectivity index (χ2v) is 8.36. The van der Waals surface area contributed by atoms with Crippen LogP contribution in [0.3, 0.4) is 0 Å². The summed E-state index contributed by atoms with van der Waals surface area (Å²) in [5.41, 5.74) is 3.01. The van der Waals surface area contributed by atoms with Crippen molar-refractivity contribution >= 4 is 17.6 Å². The van der Waals surface area contributed by atoms with E-state index < -0.39 is 0 Å². The molecule has 0 spiro atoms. The van der Waals surface area contributed by atoms with Crippen LogP contribution in [0.1, 0.15) is 24.0 Å². The van der Waals surface area contributed by atoms with Crippen LogP contribution in [0.15, 0.2) is 42.5 Å². The number of esters is 1. The Bertz CT molecular complexity index is 929. The molecule has 5 rings (SSSR count). The summed E-state index contributed by atoms with van der Waals surface area (Å²) in [5.74, 6) is 1.24. The minimum atomic E-state index is -0.262. The summed E-state index contributed by atoms with van der Waals surface area (Å²) in [4.78, 5) is 24.9. The molecule has 2 saturated carbocycles. The van der Waals surface area contributed by atoms with Crippen molar-refractivity contribution in [2.24, 2.45) is 23.7 Å². The Balaban J connectivity index is 1.26. The van der Waals surface area contributed by atoms with Crippen LogP contribution in [0, 0.1) is 37.5 Å². The smallest absolute Gasteiger partial charge is 0.310 e.